The van der Waals surface area contributed by atoms with Gasteiger partial charge in [-0.25, -0.2) is 0 Å². The molecule has 1 saturated carbocycles. The van der Waals surface area contributed by atoms with Crippen LogP contribution in [0.15, 0.2) is 0 Å². The van der Waals surface area contributed by atoms with Crippen LogP contribution in [0.5, 0.6) is 0 Å². The van der Waals surface area contributed by atoms with Crippen molar-refractivity contribution < 1.29 is 9.90 Å². The van der Waals surface area contributed by atoms with Crippen molar-refractivity contribution in [3.63, 3.8) is 0 Å². The Balaban J connectivity index is 1.96. The predicted molar refractivity (Wildman–Crippen MR) is 66.5 cm³/mol. The molecule has 2 atom stereocenters. The van der Waals surface area contributed by atoms with Crippen LogP contribution in [0.2, 0.25) is 0 Å². The van der Waals surface area contributed by atoms with Gasteiger partial charge in [0.25, 0.3) is 0 Å². The third-order valence-electron chi connectivity index (χ3n) is 4.09. The summed E-state index contributed by atoms with van der Waals surface area (Å²) in [5.74, 6) is 0.541. The molecule has 16 heavy (non-hydrogen) atoms. The Hall–Kier alpha value is -0.0900. The lowest BCUT2D eigenvalue weighted by molar-refractivity contribution is -0.142. The van der Waals surface area contributed by atoms with Gasteiger partial charge >= 0.3 is 0 Å². The Morgan fingerprint density at radius 2 is 2.25 bits per heavy atom. The molecule has 1 aliphatic carbocycles. The van der Waals surface area contributed by atoms with Crippen LogP contribution in [0.25, 0.3) is 0 Å². The number of fused-ring (bicyclic) bond motifs is 1. The third kappa shape index (κ3) is 2.43. The van der Waals surface area contributed by atoms with Crippen LogP contribution in [0.4, 0.5) is 0 Å². The SMILES string of the molecule is O=C(CCBr)N1CCC2(O)CCCCC2C1. The number of rotatable bonds is 2. The normalized spacial score (nSPS) is 34.6. The molecule has 1 aliphatic heterocycles. The monoisotopic (exact) mass is 289 g/mol. The Morgan fingerprint density at radius 3 is 3.00 bits per heavy atom. The highest BCUT2D eigenvalue weighted by molar-refractivity contribution is 9.09. The van der Waals surface area contributed by atoms with Gasteiger partial charge in [-0.2, -0.15) is 0 Å². The van der Waals surface area contributed by atoms with Gasteiger partial charge in [-0.3, -0.25) is 4.79 Å². The van der Waals surface area contributed by atoms with Crippen LogP contribution in [0.1, 0.15) is 38.5 Å². The first-order valence-corrected chi connectivity index (χ1v) is 7.34. The highest BCUT2D eigenvalue weighted by atomic mass is 79.9. The summed E-state index contributed by atoms with van der Waals surface area (Å²) in [6, 6.07) is 0. The van der Waals surface area contributed by atoms with Gasteiger partial charge in [-0.05, 0) is 19.3 Å². The number of piperidine rings is 1. The van der Waals surface area contributed by atoms with E-state index in [0.717, 1.165) is 44.1 Å². The summed E-state index contributed by atoms with van der Waals surface area (Å²) in [5, 5.41) is 11.2. The van der Waals surface area contributed by atoms with Crippen LogP contribution in [0.3, 0.4) is 0 Å². The van der Waals surface area contributed by atoms with E-state index < -0.39 is 5.60 Å². The maximum absolute atomic E-state index is 11.8. The smallest absolute Gasteiger partial charge is 0.223 e. The van der Waals surface area contributed by atoms with E-state index in [0.29, 0.717) is 12.3 Å². The van der Waals surface area contributed by atoms with E-state index in [1.165, 1.54) is 6.42 Å². The van der Waals surface area contributed by atoms with Gasteiger partial charge in [0, 0.05) is 30.8 Å². The maximum Gasteiger partial charge on any atom is 0.223 e. The zero-order valence-corrected chi connectivity index (χ0v) is 11.2. The third-order valence-corrected chi connectivity index (χ3v) is 4.49. The fourth-order valence-corrected chi connectivity index (χ4v) is 3.38. The summed E-state index contributed by atoms with van der Waals surface area (Å²) in [7, 11) is 0. The number of halogens is 1. The highest BCUT2D eigenvalue weighted by Crippen LogP contribution is 2.39. The number of hydrogen-bond acceptors (Lipinski definition) is 2. The number of alkyl halides is 1. The molecule has 0 bridgehead atoms. The largest absolute Gasteiger partial charge is 0.389 e. The summed E-state index contributed by atoms with van der Waals surface area (Å²) in [4.78, 5) is 13.7. The second kappa shape index (κ2) is 5.05. The molecule has 0 spiro atoms. The van der Waals surface area contributed by atoms with Crippen molar-refractivity contribution in [3.8, 4) is 0 Å². The van der Waals surface area contributed by atoms with Crippen LogP contribution in [-0.2, 0) is 4.79 Å². The summed E-state index contributed by atoms with van der Waals surface area (Å²) in [6.45, 7) is 1.50. The minimum absolute atomic E-state index is 0.226. The summed E-state index contributed by atoms with van der Waals surface area (Å²) >= 11 is 3.30. The van der Waals surface area contributed by atoms with Crippen molar-refractivity contribution in [1.82, 2.24) is 4.90 Å². The second-order valence-corrected chi connectivity index (χ2v) is 5.87. The lowest BCUT2D eigenvalue weighted by Gasteiger charge is -2.47. The average Bonchev–Trinajstić information content (AvgIpc) is 2.28. The second-order valence-electron chi connectivity index (χ2n) is 5.08. The van der Waals surface area contributed by atoms with Crippen molar-refractivity contribution in [2.45, 2.75) is 44.1 Å². The number of nitrogens with zero attached hydrogens (tertiary/aromatic N) is 1. The molecule has 2 aliphatic rings. The van der Waals surface area contributed by atoms with Crippen LogP contribution in [0, 0.1) is 5.92 Å². The van der Waals surface area contributed by atoms with E-state index in [1.807, 2.05) is 4.90 Å². The maximum atomic E-state index is 11.8. The zero-order chi connectivity index (χ0) is 11.6. The Labute approximate surface area is 105 Å². The van der Waals surface area contributed by atoms with Crippen LogP contribution in [-0.4, -0.2) is 39.9 Å². The van der Waals surface area contributed by atoms with Crippen molar-refractivity contribution in [2.24, 2.45) is 5.92 Å². The average molecular weight is 290 g/mol. The van der Waals surface area contributed by atoms with Crippen LogP contribution < -0.4 is 0 Å². The molecular formula is C12H20BrNO2. The highest BCUT2D eigenvalue weighted by Gasteiger charge is 2.43. The van der Waals surface area contributed by atoms with Gasteiger partial charge < -0.3 is 10.0 Å². The zero-order valence-electron chi connectivity index (χ0n) is 9.62. The molecule has 1 heterocycles. The molecule has 2 rings (SSSR count). The summed E-state index contributed by atoms with van der Waals surface area (Å²) in [6.07, 6.45) is 5.69. The van der Waals surface area contributed by atoms with Gasteiger partial charge in [-0.15, -0.1) is 0 Å². The van der Waals surface area contributed by atoms with Crippen molar-refractivity contribution in [2.75, 3.05) is 18.4 Å². The molecule has 1 saturated heterocycles. The number of aliphatic hydroxyl groups is 1. The predicted octanol–water partition coefficient (Wildman–Crippen LogP) is 1.93. The standard InChI is InChI=1S/C12H20BrNO2/c13-7-4-11(15)14-8-6-12(16)5-2-1-3-10(12)9-14/h10,16H,1-9H2. The quantitative estimate of drug-likeness (QED) is 0.789. The van der Waals surface area contributed by atoms with Crippen molar-refractivity contribution >= 4 is 21.8 Å². The van der Waals surface area contributed by atoms with E-state index >= 15 is 0 Å². The molecule has 1 amide bonds. The van der Waals surface area contributed by atoms with Gasteiger partial charge in [0.05, 0.1) is 5.60 Å². The topological polar surface area (TPSA) is 40.5 Å². The summed E-state index contributed by atoms with van der Waals surface area (Å²) < 4.78 is 0. The minimum atomic E-state index is -0.469. The molecular weight excluding hydrogens is 270 g/mol. The first-order chi connectivity index (χ1) is 7.65. The minimum Gasteiger partial charge on any atom is -0.389 e. The molecule has 0 aromatic carbocycles. The van der Waals surface area contributed by atoms with Gasteiger partial charge in [0.1, 0.15) is 0 Å². The van der Waals surface area contributed by atoms with Gasteiger partial charge in [0.15, 0.2) is 0 Å². The number of carbonyl (C=O) groups excluding carboxylic acids is 1. The molecule has 3 nitrogen and oxygen atoms in total. The van der Waals surface area contributed by atoms with E-state index in [4.69, 9.17) is 0 Å². The molecule has 1 N–H and O–H groups in total. The molecule has 2 fully saturated rings. The van der Waals surface area contributed by atoms with E-state index in [1.54, 1.807) is 0 Å². The fraction of sp³-hybridized carbons (Fsp3) is 0.917. The molecule has 0 radical (unpaired) electrons. The lowest BCUT2D eigenvalue weighted by Crippen LogP contribution is -2.54. The van der Waals surface area contributed by atoms with E-state index in [9.17, 15) is 9.90 Å². The molecule has 0 aromatic rings. The number of likely N-dealkylation sites (tertiary alicyclic amines) is 1. The number of hydrogen-bond donors (Lipinski definition) is 1. The Kier molecular flexibility index (Phi) is 3.90. The summed E-state index contributed by atoms with van der Waals surface area (Å²) in [5.41, 5.74) is -0.469. The van der Waals surface area contributed by atoms with Crippen molar-refractivity contribution in [1.29, 1.82) is 0 Å². The number of carbonyl (C=O) groups is 1. The Bertz CT molecular complexity index is 272. The van der Waals surface area contributed by atoms with Gasteiger partial charge in [0.2, 0.25) is 5.91 Å². The first kappa shape index (κ1) is 12.4. The molecule has 4 heteroatoms. The van der Waals surface area contributed by atoms with Gasteiger partial charge in [-0.1, -0.05) is 28.8 Å². The van der Waals surface area contributed by atoms with Crippen LogP contribution >= 0.6 is 15.9 Å². The van der Waals surface area contributed by atoms with E-state index in [2.05, 4.69) is 15.9 Å². The van der Waals surface area contributed by atoms with E-state index in [-0.39, 0.29) is 5.91 Å². The fourth-order valence-electron chi connectivity index (χ4n) is 3.04. The molecule has 2 unspecified atom stereocenters. The Morgan fingerprint density at radius 1 is 1.44 bits per heavy atom. The number of amides is 1. The first-order valence-electron chi connectivity index (χ1n) is 6.22. The molecule has 92 valence electrons. The molecule has 0 aromatic heterocycles. The lowest BCUT2D eigenvalue weighted by atomic mass is 9.71. The van der Waals surface area contributed by atoms with Crippen molar-refractivity contribution in [3.05, 3.63) is 0 Å².